The summed E-state index contributed by atoms with van der Waals surface area (Å²) in [5.41, 5.74) is 0.812. The van der Waals surface area contributed by atoms with E-state index in [-0.39, 0.29) is 24.8 Å². The molecular weight excluding hydrogens is 320 g/mol. The lowest BCUT2D eigenvalue weighted by molar-refractivity contribution is -0.135. The van der Waals surface area contributed by atoms with Gasteiger partial charge in [0.25, 0.3) is 0 Å². The number of hydrogen-bond donors (Lipinski definition) is 1. The van der Waals surface area contributed by atoms with Gasteiger partial charge in [-0.2, -0.15) is 0 Å². The Balaban J connectivity index is 1.87. The standard InChI is InChI=1S/C19H28N2O4/c1-4-15-7-5-6-10-21(15)19(23)13-20-18(22)12-14-8-9-16(24-2)17(11-14)25-3/h8-9,11,15H,4-7,10,12-13H2,1-3H3,(H,20,22). The van der Waals surface area contributed by atoms with Crippen molar-refractivity contribution in [1.29, 1.82) is 0 Å². The van der Waals surface area contributed by atoms with Gasteiger partial charge in [0.15, 0.2) is 11.5 Å². The van der Waals surface area contributed by atoms with Crippen LogP contribution in [0.5, 0.6) is 11.5 Å². The minimum absolute atomic E-state index is 0.00668. The Labute approximate surface area is 149 Å². The van der Waals surface area contributed by atoms with Gasteiger partial charge in [-0.05, 0) is 43.4 Å². The molecule has 1 N–H and O–H groups in total. The number of carbonyl (C=O) groups excluding carboxylic acids is 2. The maximum absolute atomic E-state index is 12.4. The Kier molecular flexibility index (Phi) is 7.10. The number of nitrogens with zero attached hydrogens (tertiary/aromatic N) is 1. The summed E-state index contributed by atoms with van der Waals surface area (Å²) in [6.07, 6.45) is 4.44. The smallest absolute Gasteiger partial charge is 0.242 e. The number of piperidine rings is 1. The molecule has 1 fully saturated rings. The number of rotatable bonds is 7. The van der Waals surface area contributed by atoms with Gasteiger partial charge >= 0.3 is 0 Å². The molecule has 25 heavy (non-hydrogen) atoms. The topological polar surface area (TPSA) is 67.9 Å². The molecule has 2 amide bonds. The SMILES string of the molecule is CCC1CCCCN1C(=O)CNC(=O)Cc1ccc(OC)c(OC)c1. The normalized spacial score (nSPS) is 17.1. The first-order valence-corrected chi connectivity index (χ1v) is 8.86. The zero-order valence-corrected chi connectivity index (χ0v) is 15.3. The van der Waals surface area contributed by atoms with E-state index < -0.39 is 0 Å². The second-order valence-electron chi connectivity index (χ2n) is 6.29. The molecular formula is C19H28N2O4. The van der Waals surface area contributed by atoms with E-state index in [0.717, 1.165) is 31.4 Å². The van der Waals surface area contributed by atoms with Crippen LogP contribution in [0.4, 0.5) is 0 Å². The van der Waals surface area contributed by atoms with E-state index in [2.05, 4.69) is 12.2 Å². The van der Waals surface area contributed by atoms with E-state index in [1.165, 1.54) is 6.42 Å². The van der Waals surface area contributed by atoms with Gasteiger partial charge < -0.3 is 19.7 Å². The van der Waals surface area contributed by atoms with Gasteiger partial charge in [0.2, 0.25) is 11.8 Å². The molecule has 0 spiro atoms. The van der Waals surface area contributed by atoms with Gasteiger partial charge in [-0.25, -0.2) is 0 Å². The fraction of sp³-hybridized carbons (Fsp3) is 0.579. The van der Waals surface area contributed by atoms with Crippen molar-refractivity contribution in [2.75, 3.05) is 27.3 Å². The van der Waals surface area contributed by atoms with Crippen molar-refractivity contribution in [3.63, 3.8) is 0 Å². The van der Waals surface area contributed by atoms with Crippen LogP contribution < -0.4 is 14.8 Å². The number of likely N-dealkylation sites (tertiary alicyclic amines) is 1. The molecule has 1 aromatic rings. The van der Waals surface area contributed by atoms with Gasteiger partial charge in [0, 0.05) is 12.6 Å². The van der Waals surface area contributed by atoms with Crippen molar-refractivity contribution < 1.29 is 19.1 Å². The lowest BCUT2D eigenvalue weighted by Crippen LogP contribution is -2.47. The lowest BCUT2D eigenvalue weighted by Gasteiger charge is -2.35. The maximum Gasteiger partial charge on any atom is 0.242 e. The first-order valence-electron chi connectivity index (χ1n) is 8.86. The minimum Gasteiger partial charge on any atom is -0.493 e. The molecule has 1 unspecified atom stereocenters. The van der Waals surface area contributed by atoms with Crippen LogP contribution in [-0.4, -0.2) is 50.1 Å². The van der Waals surface area contributed by atoms with Crippen LogP contribution in [0.2, 0.25) is 0 Å². The van der Waals surface area contributed by atoms with Crippen LogP contribution in [0, 0.1) is 0 Å². The number of benzene rings is 1. The quantitative estimate of drug-likeness (QED) is 0.820. The third kappa shape index (κ3) is 5.11. The molecule has 6 nitrogen and oxygen atoms in total. The Morgan fingerprint density at radius 3 is 2.64 bits per heavy atom. The third-order valence-corrected chi connectivity index (χ3v) is 4.67. The molecule has 1 aliphatic rings. The molecule has 0 aliphatic carbocycles. The Hall–Kier alpha value is -2.24. The van der Waals surface area contributed by atoms with Gasteiger partial charge in [0.1, 0.15) is 0 Å². The summed E-state index contributed by atoms with van der Waals surface area (Å²) in [6.45, 7) is 2.96. The summed E-state index contributed by atoms with van der Waals surface area (Å²) >= 11 is 0. The summed E-state index contributed by atoms with van der Waals surface area (Å²) in [6, 6.07) is 5.67. The van der Waals surface area contributed by atoms with Crippen LogP contribution in [-0.2, 0) is 16.0 Å². The Morgan fingerprint density at radius 1 is 1.20 bits per heavy atom. The molecule has 0 radical (unpaired) electrons. The fourth-order valence-corrected chi connectivity index (χ4v) is 3.27. The fourth-order valence-electron chi connectivity index (χ4n) is 3.27. The largest absolute Gasteiger partial charge is 0.493 e. The number of hydrogen-bond acceptors (Lipinski definition) is 4. The first-order chi connectivity index (χ1) is 12.1. The maximum atomic E-state index is 12.4. The minimum atomic E-state index is -0.175. The van der Waals surface area contributed by atoms with Gasteiger partial charge in [-0.15, -0.1) is 0 Å². The predicted octanol–water partition coefficient (Wildman–Crippen LogP) is 2.15. The summed E-state index contributed by atoms with van der Waals surface area (Å²) in [5.74, 6) is 1.04. The van der Waals surface area contributed by atoms with Crippen LogP contribution in [0.3, 0.4) is 0 Å². The first kappa shape index (κ1) is 19.1. The van der Waals surface area contributed by atoms with Gasteiger partial charge in [0.05, 0.1) is 27.2 Å². The number of carbonyl (C=O) groups is 2. The van der Waals surface area contributed by atoms with E-state index in [1.807, 2.05) is 11.0 Å². The van der Waals surface area contributed by atoms with Crippen LogP contribution >= 0.6 is 0 Å². The molecule has 1 heterocycles. The van der Waals surface area contributed by atoms with Crippen molar-refractivity contribution in [2.45, 2.75) is 45.1 Å². The number of ether oxygens (including phenoxy) is 2. The van der Waals surface area contributed by atoms with E-state index in [9.17, 15) is 9.59 Å². The van der Waals surface area contributed by atoms with Crippen molar-refractivity contribution >= 4 is 11.8 Å². The molecule has 2 rings (SSSR count). The predicted molar refractivity (Wildman–Crippen MR) is 95.9 cm³/mol. The molecule has 1 aromatic carbocycles. The van der Waals surface area contributed by atoms with Crippen molar-refractivity contribution in [2.24, 2.45) is 0 Å². The molecule has 1 atom stereocenters. The molecule has 0 saturated carbocycles. The van der Waals surface area contributed by atoms with E-state index in [4.69, 9.17) is 9.47 Å². The highest BCUT2D eigenvalue weighted by Gasteiger charge is 2.25. The van der Waals surface area contributed by atoms with E-state index in [0.29, 0.717) is 17.5 Å². The summed E-state index contributed by atoms with van der Waals surface area (Å²) in [5, 5.41) is 2.74. The summed E-state index contributed by atoms with van der Waals surface area (Å²) < 4.78 is 10.4. The monoisotopic (exact) mass is 348 g/mol. The highest BCUT2D eigenvalue weighted by atomic mass is 16.5. The van der Waals surface area contributed by atoms with Crippen molar-refractivity contribution in [1.82, 2.24) is 10.2 Å². The van der Waals surface area contributed by atoms with Crippen molar-refractivity contribution in [3.8, 4) is 11.5 Å². The number of methoxy groups -OCH3 is 2. The summed E-state index contributed by atoms with van der Waals surface area (Å²) in [7, 11) is 3.13. The molecule has 0 aromatic heterocycles. The average Bonchev–Trinajstić information content (AvgIpc) is 2.65. The molecule has 1 saturated heterocycles. The van der Waals surface area contributed by atoms with Crippen molar-refractivity contribution in [3.05, 3.63) is 23.8 Å². The zero-order chi connectivity index (χ0) is 18.2. The van der Waals surface area contributed by atoms with Crippen LogP contribution in [0.25, 0.3) is 0 Å². The van der Waals surface area contributed by atoms with Crippen LogP contribution in [0.15, 0.2) is 18.2 Å². The Morgan fingerprint density at radius 2 is 1.96 bits per heavy atom. The summed E-state index contributed by atoms with van der Waals surface area (Å²) in [4.78, 5) is 26.5. The molecule has 6 heteroatoms. The zero-order valence-electron chi connectivity index (χ0n) is 15.3. The lowest BCUT2D eigenvalue weighted by atomic mass is 10.00. The van der Waals surface area contributed by atoms with E-state index in [1.54, 1.807) is 26.4 Å². The number of amides is 2. The third-order valence-electron chi connectivity index (χ3n) is 4.67. The molecule has 0 bridgehead atoms. The highest BCUT2D eigenvalue weighted by Crippen LogP contribution is 2.27. The van der Waals surface area contributed by atoms with Gasteiger partial charge in [-0.1, -0.05) is 13.0 Å². The average molecular weight is 348 g/mol. The molecule has 138 valence electrons. The van der Waals surface area contributed by atoms with Gasteiger partial charge in [-0.3, -0.25) is 9.59 Å². The van der Waals surface area contributed by atoms with E-state index >= 15 is 0 Å². The molecule has 1 aliphatic heterocycles. The second-order valence-corrected chi connectivity index (χ2v) is 6.29. The highest BCUT2D eigenvalue weighted by molar-refractivity contribution is 5.86. The Bertz CT molecular complexity index is 603. The van der Waals surface area contributed by atoms with Crippen LogP contribution in [0.1, 0.15) is 38.2 Å². The second kappa shape index (κ2) is 9.30. The number of nitrogens with one attached hydrogen (secondary N) is 1.